The van der Waals surface area contributed by atoms with Crippen LogP contribution in [0.2, 0.25) is 0 Å². The van der Waals surface area contributed by atoms with E-state index in [1.54, 1.807) is 22.2 Å². The molecule has 3 rings (SSSR count). The summed E-state index contributed by atoms with van der Waals surface area (Å²) in [7, 11) is 0. The zero-order valence-electron chi connectivity index (χ0n) is 11.6. The van der Waals surface area contributed by atoms with Gasteiger partial charge < -0.3 is 10.4 Å². The van der Waals surface area contributed by atoms with Gasteiger partial charge in [0.05, 0.1) is 25.0 Å². The van der Waals surface area contributed by atoms with Crippen molar-refractivity contribution in [2.75, 3.05) is 11.9 Å². The average Bonchev–Trinajstić information content (AvgIpc) is 3.16. The highest BCUT2D eigenvalue weighted by molar-refractivity contribution is 7.10. The van der Waals surface area contributed by atoms with Crippen molar-refractivity contribution >= 4 is 17.0 Å². The van der Waals surface area contributed by atoms with Crippen LogP contribution in [0.25, 0.3) is 11.1 Å². The summed E-state index contributed by atoms with van der Waals surface area (Å²) in [6.07, 6.45) is 3.68. The van der Waals surface area contributed by atoms with Crippen LogP contribution in [0.3, 0.4) is 0 Å². The molecule has 0 aliphatic carbocycles. The molecule has 4 nitrogen and oxygen atoms in total. The minimum Gasteiger partial charge on any atom is -0.394 e. The molecular weight excluding hydrogens is 282 g/mol. The molecule has 1 aromatic carbocycles. The highest BCUT2D eigenvalue weighted by Gasteiger charge is 2.03. The molecule has 0 aliphatic rings. The summed E-state index contributed by atoms with van der Waals surface area (Å²) >= 11 is 1.75. The first-order valence-electron chi connectivity index (χ1n) is 6.85. The molecule has 0 fully saturated rings. The summed E-state index contributed by atoms with van der Waals surface area (Å²) < 4.78 is 1.73. The minimum absolute atomic E-state index is 0.104. The third kappa shape index (κ3) is 3.51. The van der Waals surface area contributed by atoms with E-state index in [-0.39, 0.29) is 6.61 Å². The number of nitrogens with zero attached hydrogens (tertiary/aromatic N) is 2. The predicted molar refractivity (Wildman–Crippen MR) is 86.4 cm³/mol. The first-order chi connectivity index (χ1) is 10.3. The first kappa shape index (κ1) is 13.9. The maximum atomic E-state index is 8.87. The Morgan fingerprint density at radius 2 is 2.05 bits per heavy atom. The van der Waals surface area contributed by atoms with E-state index in [0.717, 1.165) is 12.2 Å². The van der Waals surface area contributed by atoms with Crippen molar-refractivity contribution in [3.8, 4) is 11.1 Å². The molecule has 0 atom stereocenters. The van der Waals surface area contributed by atoms with E-state index in [2.05, 4.69) is 46.1 Å². The third-order valence-corrected chi connectivity index (χ3v) is 4.13. The Labute approximate surface area is 127 Å². The van der Waals surface area contributed by atoms with Gasteiger partial charge in [-0.1, -0.05) is 30.3 Å². The van der Waals surface area contributed by atoms with Gasteiger partial charge >= 0.3 is 0 Å². The van der Waals surface area contributed by atoms with Gasteiger partial charge in [-0.05, 0) is 22.6 Å². The van der Waals surface area contributed by atoms with Gasteiger partial charge in [-0.3, -0.25) is 4.68 Å². The molecule has 2 heterocycles. The topological polar surface area (TPSA) is 50.1 Å². The molecule has 3 aromatic rings. The molecule has 21 heavy (non-hydrogen) atoms. The Balaban J connectivity index is 1.62. The lowest BCUT2D eigenvalue weighted by Crippen LogP contribution is -2.01. The smallest absolute Gasteiger partial charge is 0.0729 e. The van der Waals surface area contributed by atoms with Crippen LogP contribution in [0, 0.1) is 0 Å². The lowest BCUT2D eigenvalue weighted by atomic mass is 10.1. The summed E-state index contributed by atoms with van der Waals surface area (Å²) in [6.45, 7) is 1.41. The molecule has 2 N–H and O–H groups in total. The second-order valence-corrected chi connectivity index (χ2v) is 5.73. The van der Waals surface area contributed by atoms with Crippen LogP contribution >= 0.6 is 11.3 Å². The molecule has 0 amide bonds. The van der Waals surface area contributed by atoms with Gasteiger partial charge in [-0.2, -0.15) is 5.10 Å². The molecule has 0 saturated carbocycles. The number of aliphatic hydroxyl groups is 1. The summed E-state index contributed by atoms with van der Waals surface area (Å²) in [5, 5.41) is 18.6. The van der Waals surface area contributed by atoms with Crippen molar-refractivity contribution in [3.05, 3.63) is 59.0 Å². The van der Waals surface area contributed by atoms with Crippen molar-refractivity contribution in [3.63, 3.8) is 0 Å². The SMILES string of the molecule is OCCn1cc(NCc2cc(-c3ccccc3)cs2)cn1. The van der Waals surface area contributed by atoms with E-state index in [9.17, 15) is 0 Å². The largest absolute Gasteiger partial charge is 0.394 e. The summed E-state index contributed by atoms with van der Waals surface area (Å²) in [5.74, 6) is 0. The summed E-state index contributed by atoms with van der Waals surface area (Å²) in [6, 6.07) is 12.6. The second-order valence-electron chi connectivity index (χ2n) is 4.74. The average molecular weight is 299 g/mol. The molecule has 0 spiro atoms. The first-order valence-corrected chi connectivity index (χ1v) is 7.73. The zero-order valence-corrected chi connectivity index (χ0v) is 12.4. The van der Waals surface area contributed by atoms with Gasteiger partial charge in [0.2, 0.25) is 0 Å². The number of aliphatic hydroxyl groups excluding tert-OH is 1. The zero-order chi connectivity index (χ0) is 14.5. The molecule has 0 bridgehead atoms. The van der Waals surface area contributed by atoms with E-state index in [4.69, 9.17) is 5.11 Å². The van der Waals surface area contributed by atoms with E-state index in [0.29, 0.717) is 6.54 Å². The number of rotatable bonds is 6. The second kappa shape index (κ2) is 6.56. The maximum Gasteiger partial charge on any atom is 0.0729 e. The Morgan fingerprint density at radius 1 is 1.19 bits per heavy atom. The van der Waals surface area contributed by atoms with Crippen LogP contribution in [0.15, 0.2) is 54.2 Å². The van der Waals surface area contributed by atoms with E-state index >= 15 is 0 Å². The van der Waals surface area contributed by atoms with E-state index in [1.807, 2.05) is 12.3 Å². The van der Waals surface area contributed by atoms with Crippen molar-refractivity contribution in [2.24, 2.45) is 0 Å². The standard InChI is InChI=1S/C16H17N3OS/c20-7-6-19-11-15(9-18-19)17-10-16-8-14(12-21-16)13-4-2-1-3-5-13/h1-5,8-9,11-12,17,20H,6-7,10H2. The van der Waals surface area contributed by atoms with Crippen LogP contribution < -0.4 is 5.32 Å². The number of aromatic nitrogens is 2. The van der Waals surface area contributed by atoms with Gasteiger partial charge in [0, 0.05) is 17.6 Å². The molecule has 0 radical (unpaired) electrons. The summed E-state index contributed by atoms with van der Waals surface area (Å²) in [5.41, 5.74) is 3.47. The Bertz CT molecular complexity index is 690. The third-order valence-electron chi connectivity index (χ3n) is 3.19. The van der Waals surface area contributed by atoms with Crippen LogP contribution in [-0.4, -0.2) is 21.5 Å². The van der Waals surface area contributed by atoms with Crippen LogP contribution in [0.5, 0.6) is 0 Å². The lowest BCUT2D eigenvalue weighted by molar-refractivity contribution is 0.269. The van der Waals surface area contributed by atoms with E-state index < -0.39 is 0 Å². The number of benzene rings is 1. The van der Waals surface area contributed by atoms with Gasteiger partial charge in [0.1, 0.15) is 0 Å². The van der Waals surface area contributed by atoms with Gasteiger partial charge in [0.15, 0.2) is 0 Å². The quantitative estimate of drug-likeness (QED) is 0.735. The van der Waals surface area contributed by atoms with Gasteiger partial charge in [0.25, 0.3) is 0 Å². The van der Waals surface area contributed by atoms with Crippen molar-refractivity contribution in [1.82, 2.24) is 9.78 Å². The fourth-order valence-corrected chi connectivity index (χ4v) is 2.96. The summed E-state index contributed by atoms with van der Waals surface area (Å²) in [4.78, 5) is 1.28. The van der Waals surface area contributed by atoms with Crippen molar-refractivity contribution in [1.29, 1.82) is 0 Å². The molecule has 108 valence electrons. The van der Waals surface area contributed by atoms with Gasteiger partial charge in [-0.15, -0.1) is 11.3 Å². The molecule has 5 heteroatoms. The number of thiophene rings is 1. The van der Waals surface area contributed by atoms with Gasteiger partial charge in [-0.25, -0.2) is 0 Å². The number of anilines is 1. The monoisotopic (exact) mass is 299 g/mol. The fourth-order valence-electron chi connectivity index (χ4n) is 2.12. The lowest BCUT2D eigenvalue weighted by Gasteiger charge is -2.00. The predicted octanol–water partition coefficient (Wildman–Crippen LogP) is 3.22. The Kier molecular flexibility index (Phi) is 4.33. The fraction of sp³-hybridized carbons (Fsp3) is 0.188. The number of nitrogens with one attached hydrogen (secondary N) is 1. The molecule has 0 aliphatic heterocycles. The van der Waals surface area contributed by atoms with E-state index in [1.165, 1.54) is 16.0 Å². The molecule has 0 unspecified atom stereocenters. The molecular formula is C16H17N3OS. The van der Waals surface area contributed by atoms with Crippen molar-refractivity contribution < 1.29 is 5.11 Å². The molecule has 2 aromatic heterocycles. The van der Waals surface area contributed by atoms with Crippen molar-refractivity contribution in [2.45, 2.75) is 13.1 Å². The minimum atomic E-state index is 0.104. The highest BCUT2D eigenvalue weighted by atomic mass is 32.1. The highest BCUT2D eigenvalue weighted by Crippen LogP contribution is 2.25. The number of hydrogen-bond acceptors (Lipinski definition) is 4. The number of hydrogen-bond donors (Lipinski definition) is 2. The van der Waals surface area contributed by atoms with Crippen LogP contribution in [-0.2, 0) is 13.1 Å². The van der Waals surface area contributed by atoms with Crippen LogP contribution in [0.1, 0.15) is 4.88 Å². The maximum absolute atomic E-state index is 8.87. The Morgan fingerprint density at radius 3 is 2.86 bits per heavy atom. The molecule has 0 saturated heterocycles. The van der Waals surface area contributed by atoms with Crippen LogP contribution in [0.4, 0.5) is 5.69 Å². The Hall–Kier alpha value is -2.11. The normalized spacial score (nSPS) is 10.7.